The molecule has 0 unspecified atom stereocenters. The van der Waals surface area contributed by atoms with E-state index in [4.69, 9.17) is 10.5 Å². The van der Waals surface area contributed by atoms with E-state index < -0.39 is 48.0 Å². The fourth-order valence-corrected chi connectivity index (χ4v) is 3.15. The number of imide groups is 1. The number of nitrogens with zero attached hydrogens (tertiary/aromatic N) is 5. The first-order chi connectivity index (χ1) is 16.8. The number of halogens is 6. The van der Waals surface area contributed by atoms with E-state index >= 15 is 0 Å². The van der Waals surface area contributed by atoms with E-state index in [0.29, 0.717) is 22.1 Å². The van der Waals surface area contributed by atoms with Crippen LogP contribution in [-0.2, 0) is 11.0 Å². The van der Waals surface area contributed by atoms with Gasteiger partial charge >= 0.3 is 18.6 Å². The number of amides is 3. The number of nitrogen functional groups attached to an aromatic ring is 1. The van der Waals surface area contributed by atoms with Crippen LogP contribution in [0.4, 0.5) is 48.5 Å². The van der Waals surface area contributed by atoms with E-state index in [2.05, 4.69) is 19.7 Å². The van der Waals surface area contributed by atoms with Gasteiger partial charge in [0.1, 0.15) is 12.3 Å². The minimum absolute atomic E-state index is 0.121. The molecule has 0 atom stereocenters. The number of carbonyl (C=O) groups is 2. The normalized spacial score (nSPS) is 14.4. The molecular formula is C20H12F6N6O4. The van der Waals surface area contributed by atoms with Crippen LogP contribution in [0.1, 0.15) is 5.56 Å². The summed E-state index contributed by atoms with van der Waals surface area (Å²) in [4.78, 5) is 37.3. The molecule has 188 valence electrons. The first-order valence-electron chi connectivity index (χ1n) is 9.65. The standard InChI is InChI=1S/C20H12F6N6O4/c21-19(22,23)10-5-11(8-28-7-10)31-9-16(33)32(18(31)34)13-2-1-12(6-14(13)36-20(24,25)26)35-15-3-4-29-17(27)30-15/h1-8H,9H2,(H2,27,29,30). The zero-order valence-electron chi connectivity index (χ0n) is 17.5. The number of urea groups is 1. The number of alkyl halides is 6. The Morgan fingerprint density at radius 3 is 2.42 bits per heavy atom. The number of hydrogen-bond acceptors (Lipinski definition) is 8. The summed E-state index contributed by atoms with van der Waals surface area (Å²) in [6.07, 6.45) is -7.36. The van der Waals surface area contributed by atoms with Crippen LogP contribution in [0.15, 0.2) is 48.9 Å². The van der Waals surface area contributed by atoms with Crippen molar-refractivity contribution >= 4 is 29.3 Å². The lowest BCUT2D eigenvalue weighted by molar-refractivity contribution is -0.274. The molecule has 2 N–H and O–H groups in total. The van der Waals surface area contributed by atoms with Gasteiger partial charge in [-0.15, -0.1) is 13.2 Å². The molecule has 0 radical (unpaired) electrons. The highest BCUT2D eigenvalue weighted by atomic mass is 19.4. The minimum atomic E-state index is -5.23. The van der Waals surface area contributed by atoms with Gasteiger partial charge in [0, 0.05) is 24.5 Å². The number of hydrogen-bond donors (Lipinski definition) is 1. The van der Waals surface area contributed by atoms with Crippen molar-refractivity contribution in [1.82, 2.24) is 15.0 Å². The summed E-state index contributed by atoms with van der Waals surface area (Å²) in [6.45, 7) is -0.758. The lowest BCUT2D eigenvalue weighted by Gasteiger charge is -2.21. The summed E-state index contributed by atoms with van der Waals surface area (Å²) >= 11 is 0. The fourth-order valence-electron chi connectivity index (χ4n) is 3.15. The molecule has 3 amide bonds. The molecule has 0 bridgehead atoms. The maximum atomic E-state index is 13.1. The Bertz CT molecular complexity index is 1330. The van der Waals surface area contributed by atoms with Crippen molar-refractivity contribution in [2.75, 3.05) is 22.1 Å². The number of carbonyl (C=O) groups excluding carboxylic acids is 2. The molecule has 0 spiro atoms. The van der Waals surface area contributed by atoms with Gasteiger partial charge in [-0.05, 0) is 18.2 Å². The Morgan fingerprint density at radius 2 is 1.75 bits per heavy atom. The number of benzene rings is 1. The monoisotopic (exact) mass is 514 g/mol. The lowest BCUT2D eigenvalue weighted by Crippen LogP contribution is -2.34. The number of rotatable bonds is 5. The third-order valence-electron chi connectivity index (χ3n) is 4.60. The van der Waals surface area contributed by atoms with Gasteiger partial charge in [0.25, 0.3) is 5.91 Å². The van der Waals surface area contributed by atoms with Gasteiger partial charge < -0.3 is 15.2 Å². The minimum Gasteiger partial charge on any atom is -0.439 e. The highest BCUT2D eigenvalue weighted by molar-refractivity contribution is 6.27. The molecule has 16 heteroatoms. The average molecular weight is 514 g/mol. The quantitative estimate of drug-likeness (QED) is 0.398. The van der Waals surface area contributed by atoms with Crippen molar-refractivity contribution in [3.05, 3.63) is 54.5 Å². The van der Waals surface area contributed by atoms with Gasteiger partial charge in [-0.25, -0.2) is 14.7 Å². The van der Waals surface area contributed by atoms with Crippen molar-refractivity contribution in [2.24, 2.45) is 0 Å². The molecule has 4 rings (SSSR count). The molecule has 1 aromatic carbocycles. The predicted molar refractivity (Wildman–Crippen MR) is 109 cm³/mol. The maximum Gasteiger partial charge on any atom is 0.573 e. The van der Waals surface area contributed by atoms with Gasteiger partial charge in [-0.1, -0.05) is 0 Å². The average Bonchev–Trinajstić information content (AvgIpc) is 3.06. The highest BCUT2D eigenvalue weighted by Gasteiger charge is 2.42. The molecule has 0 aliphatic carbocycles. The Kier molecular flexibility index (Phi) is 6.03. The van der Waals surface area contributed by atoms with Crippen LogP contribution in [-0.4, -0.2) is 39.8 Å². The Labute approximate surface area is 196 Å². The molecule has 3 heterocycles. The second-order valence-corrected chi connectivity index (χ2v) is 7.06. The van der Waals surface area contributed by atoms with Gasteiger partial charge in [-0.2, -0.15) is 18.2 Å². The van der Waals surface area contributed by atoms with Crippen molar-refractivity contribution in [1.29, 1.82) is 0 Å². The maximum absolute atomic E-state index is 13.1. The van der Waals surface area contributed by atoms with Crippen LogP contribution in [0.5, 0.6) is 17.4 Å². The molecule has 0 saturated carbocycles. The van der Waals surface area contributed by atoms with Crippen molar-refractivity contribution < 1.29 is 45.4 Å². The Balaban J connectivity index is 1.69. The second-order valence-electron chi connectivity index (χ2n) is 7.06. The van der Waals surface area contributed by atoms with Crippen LogP contribution in [0.3, 0.4) is 0 Å². The van der Waals surface area contributed by atoms with Crippen LogP contribution in [0.2, 0.25) is 0 Å². The zero-order valence-corrected chi connectivity index (χ0v) is 17.5. The molecule has 3 aromatic rings. The number of anilines is 3. The number of nitrogens with two attached hydrogens (primary N) is 1. The van der Waals surface area contributed by atoms with E-state index in [1.54, 1.807) is 0 Å². The van der Waals surface area contributed by atoms with E-state index in [0.717, 1.165) is 24.4 Å². The van der Waals surface area contributed by atoms with Gasteiger partial charge in [0.2, 0.25) is 11.8 Å². The second kappa shape index (κ2) is 8.86. The predicted octanol–water partition coefficient (Wildman–Crippen LogP) is 4.14. The summed E-state index contributed by atoms with van der Waals surface area (Å²) in [6, 6.07) is 3.43. The van der Waals surface area contributed by atoms with Crippen molar-refractivity contribution in [3.63, 3.8) is 0 Å². The molecule has 1 fully saturated rings. The van der Waals surface area contributed by atoms with Crippen LogP contribution < -0.4 is 25.0 Å². The topological polar surface area (TPSA) is 124 Å². The Hall–Kier alpha value is -4.63. The Morgan fingerprint density at radius 1 is 1.00 bits per heavy atom. The first-order valence-corrected chi connectivity index (χ1v) is 9.65. The summed E-state index contributed by atoms with van der Waals surface area (Å²) in [5.74, 6) is -2.54. The molecule has 10 nitrogen and oxygen atoms in total. The zero-order chi connectivity index (χ0) is 26.3. The lowest BCUT2D eigenvalue weighted by atomic mass is 10.2. The van der Waals surface area contributed by atoms with Crippen LogP contribution in [0.25, 0.3) is 0 Å². The fraction of sp³-hybridized carbons (Fsp3) is 0.150. The van der Waals surface area contributed by atoms with E-state index in [1.807, 2.05) is 0 Å². The smallest absolute Gasteiger partial charge is 0.439 e. The number of pyridine rings is 1. The largest absolute Gasteiger partial charge is 0.573 e. The third-order valence-corrected chi connectivity index (χ3v) is 4.60. The molecule has 1 aliphatic heterocycles. The molecular weight excluding hydrogens is 502 g/mol. The van der Waals surface area contributed by atoms with E-state index in [1.165, 1.54) is 12.3 Å². The third kappa shape index (κ3) is 5.21. The number of aromatic nitrogens is 3. The molecule has 36 heavy (non-hydrogen) atoms. The van der Waals surface area contributed by atoms with Crippen LogP contribution >= 0.6 is 0 Å². The summed E-state index contributed by atoms with van der Waals surface area (Å²) in [5, 5.41) is 0. The highest BCUT2D eigenvalue weighted by Crippen LogP contribution is 2.40. The van der Waals surface area contributed by atoms with Crippen molar-refractivity contribution in [3.8, 4) is 17.4 Å². The van der Waals surface area contributed by atoms with Gasteiger partial charge in [0.05, 0.1) is 23.1 Å². The van der Waals surface area contributed by atoms with E-state index in [9.17, 15) is 35.9 Å². The van der Waals surface area contributed by atoms with Gasteiger partial charge in [0.15, 0.2) is 5.75 Å². The summed E-state index contributed by atoms with van der Waals surface area (Å²) in [7, 11) is 0. The van der Waals surface area contributed by atoms with E-state index in [-0.39, 0.29) is 23.3 Å². The number of ether oxygens (including phenoxy) is 2. The van der Waals surface area contributed by atoms with Crippen molar-refractivity contribution in [2.45, 2.75) is 12.5 Å². The van der Waals surface area contributed by atoms with Gasteiger partial charge in [-0.3, -0.25) is 14.7 Å². The van der Waals surface area contributed by atoms with Crippen LogP contribution in [0, 0.1) is 0 Å². The summed E-state index contributed by atoms with van der Waals surface area (Å²) < 4.78 is 87.7. The molecule has 2 aromatic heterocycles. The first kappa shape index (κ1) is 24.5. The SMILES string of the molecule is Nc1nccc(Oc2ccc(N3C(=O)CN(c4cncc(C(F)(F)F)c4)C3=O)c(OC(F)(F)F)c2)n1. The molecule has 1 aliphatic rings. The summed E-state index contributed by atoms with van der Waals surface area (Å²) in [5.41, 5.74) is 3.23. The molecule has 1 saturated heterocycles.